The molecule has 0 heterocycles. The van der Waals surface area contributed by atoms with Crippen LogP contribution < -0.4 is 5.32 Å². The fourth-order valence-electron chi connectivity index (χ4n) is 2.24. The molecule has 0 aliphatic rings. The van der Waals surface area contributed by atoms with Crippen molar-refractivity contribution in [3.63, 3.8) is 0 Å². The van der Waals surface area contributed by atoms with E-state index in [1.807, 2.05) is 6.07 Å². The Bertz CT molecular complexity index is 372. The highest BCUT2D eigenvalue weighted by atomic mass is 16.5. The van der Waals surface area contributed by atoms with E-state index in [2.05, 4.69) is 78.0 Å². The van der Waals surface area contributed by atoms with Crippen LogP contribution in [0.1, 0.15) is 60.1 Å². The quantitative estimate of drug-likeness (QED) is 0.873. The molecule has 1 rings (SSSR count). The third-order valence-electron chi connectivity index (χ3n) is 2.72. The minimum Gasteiger partial charge on any atom is -0.366 e. The van der Waals surface area contributed by atoms with Gasteiger partial charge in [0.2, 0.25) is 0 Å². The number of ether oxygens (including phenoxy) is 1. The van der Waals surface area contributed by atoms with Gasteiger partial charge in [0.05, 0.1) is 11.7 Å². The summed E-state index contributed by atoms with van der Waals surface area (Å²) in [5.41, 5.74) is 1.14. The summed E-state index contributed by atoms with van der Waals surface area (Å²) < 4.78 is 6.27. The van der Waals surface area contributed by atoms with Gasteiger partial charge in [-0.25, -0.2) is 0 Å². The van der Waals surface area contributed by atoms with E-state index in [4.69, 9.17) is 4.74 Å². The fraction of sp³-hybridized carbons (Fsp3) is 0.647. The van der Waals surface area contributed by atoms with Crippen molar-refractivity contribution >= 4 is 0 Å². The van der Waals surface area contributed by atoms with Crippen molar-refractivity contribution in [2.24, 2.45) is 0 Å². The molecular formula is C17H29NO. The van der Waals surface area contributed by atoms with Crippen molar-refractivity contribution in [3.8, 4) is 0 Å². The molecule has 0 amide bonds. The number of hydrogen-bond donors (Lipinski definition) is 1. The van der Waals surface area contributed by atoms with Crippen LogP contribution in [-0.4, -0.2) is 17.2 Å². The highest BCUT2D eigenvalue weighted by molar-refractivity contribution is 5.19. The maximum Gasteiger partial charge on any atom is 0.0982 e. The zero-order valence-corrected chi connectivity index (χ0v) is 13.4. The SMILES string of the molecule is C[C@@H](NC(C)(C)C)[C@@H](OC(C)(C)C)c1ccccc1. The van der Waals surface area contributed by atoms with E-state index in [0.29, 0.717) is 0 Å². The van der Waals surface area contributed by atoms with Crippen molar-refractivity contribution in [1.29, 1.82) is 0 Å². The molecule has 2 atom stereocenters. The first-order valence-corrected chi connectivity index (χ1v) is 7.09. The van der Waals surface area contributed by atoms with Crippen LogP contribution in [-0.2, 0) is 4.74 Å². The number of rotatable bonds is 4. The second-order valence-corrected chi connectivity index (χ2v) is 7.24. The van der Waals surface area contributed by atoms with Crippen LogP contribution in [0.25, 0.3) is 0 Å². The summed E-state index contributed by atoms with van der Waals surface area (Å²) in [5, 5.41) is 3.62. The Kier molecular flexibility index (Phi) is 5.17. The van der Waals surface area contributed by atoms with Crippen LogP contribution in [0.15, 0.2) is 30.3 Å². The normalized spacial score (nSPS) is 16.2. The molecule has 1 aromatic rings. The monoisotopic (exact) mass is 263 g/mol. The van der Waals surface area contributed by atoms with Crippen LogP contribution >= 0.6 is 0 Å². The Morgan fingerprint density at radius 3 is 1.89 bits per heavy atom. The average molecular weight is 263 g/mol. The molecule has 0 aliphatic heterocycles. The van der Waals surface area contributed by atoms with Crippen molar-refractivity contribution in [1.82, 2.24) is 5.32 Å². The maximum atomic E-state index is 6.27. The smallest absolute Gasteiger partial charge is 0.0982 e. The lowest BCUT2D eigenvalue weighted by molar-refractivity contribution is -0.0778. The molecule has 108 valence electrons. The third-order valence-corrected chi connectivity index (χ3v) is 2.72. The molecule has 1 aromatic carbocycles. The summed E-state index contributed by atoms with van der Waals surface area (Å²) >= 11 is 0. The van der Waals surface area contributed by atoms with E-state index in [1.165, 1.54) is 5.56 Å². The van der Waals surface area contributed by atoms with E-state index in [9.17, 15) is 0 Å². The second kappa shape index (κ2) is 6.06. The zero-order chi connectivity index (χ0) is 14.7. The van der Waals surface area contributed by atoms with Crippen LogP contribution in [0.2, 0.25) is 0 Å². The number of benzene rings is 1. The lowest BCUT2D eigenvalue weighted by atomic mass is 9.99. The Labute approximate surface area is 118 Å². The van der Waals surface area contributed by atoms with Crippen molar-refractivity contribution in [3.05, 3.63) is 35.9 Å². The Morgan fingerprint density at radius 1 is 0.947 bits per heavy atom. The summed E-state index contributed by atoms with van der Waals surface area (Å²) in [6.07, 6.45) is 0.0559. The zero-order valence-electron chi connectivity index (χ0n) is 13.4. The van der Waals surface area contributed by atoms with Crippen LogP contribution in [0.3, 0.4) is 0 Å². The van der Waals surface area contributed by atoms with Gasteiger partial charge in [0, 0.05) is 11.6 Å². The Hall–Kier alpha value is -0.860. The van der Waals surface area contributed by atoms with E-state index >= 15 is 0 Å². The highest BCUT2D eigenvalue weighted by Gasteiger charge is 2.27. The molecule has 2 nitrogen and oxygen atoms in total. The molecule has 0 saturated carbocycles. The summed E-state index contributed by atoms with van der Waals surface area (Å²) in [6.45, 7) is 15.1. The summed E-state index contributed by atoms with van der Waals surface area (Å²) in [5.74, 6) is 0. The van der Waals surface area contributed by atoms with Gasteiger partial charge in [0.15, 0.2) is 0 Å². The number of nitrogens with one attached hydrogen (secondary N) is 1. The van der Waals surface area contributed by atoms with Gasteiger partial charge in [0.25, 0.3) is 0 Å². The summed E-state index contributed by atoms with van der Waals surface area (Å²) in [4.78, 5) is 0. The molecule has 0 fully saturated rings. The van der Waals surface area contributed by atoms with Crippen molar-refractivity contribution < 1.29 is 4.74 Å². The molecule has 0 spiro atoms. The number of hydrogen-bond acceptors (Lipinski definition) is 2. The maximum absolute atomic E-state index is 6.27. The van der Waals surface area contributed by atoms with Gasteiger partial charge in [-0.15, -0.1) is 0 Å². The summed E-state index contributed by atoms with van der Waals surface area (Å²) in [6, 6.07) is 10.7. The molecular weight excluding hydrogens is 234 g/mol. The third kappa shape index (κ3) is 6.22. The Morgan fingerprint density at radius 2 is 1.47 bits per heavy atom. The first kappa shape index (κ1) is 16.2. The van der Waals surface area contributed by atoms with E-state index < -0.39 is 0 Å². The van der Waals surface area contributed by atoms with Gasteiger partial charge in [-0.2, -0.15) is 0 Å². The molecule has 0 unspecified atom stereocenters. The predicted molar refractivity (Wildman–Crippen MR) is 82.4 cm³/mol. The average Bonchev–Trinajstić information content (AvgIpc) is 2.23. The molecule has 1 N–H and O–H groups in total. The molecule has 0 bridgehead atoms. The Balaban J connectivity index is 2.93. The van der Waals surface area contributed by atoms with Gasteiger partial charge in [-0.1, -0.05) is 30.3 Å². The molecule has 2 heteroatoms. The molecule has 0 saturated heterocycles. The highest BCUT2D eigenvalue weighted by Crippen LogP contribution is 2.27. The van der Waals surface area contributed by atoms with Gasteiger partial charge in [-0.05, 0) is 54.0 Å². The van der Waals surface area contributed by atoms with E-state index in [0.717, 1.165) is 0 Å². The predicted octanol–water partition coefficient (Wildman–Crippen LogP) is 4.32. The lowest BCUT2D eigenvalue weighted by Crippen LogP contribution is -2.46. The largest absolute Gasteiger partial charge is 0.366 e. The molecule has 19 heavy (non-hydrogen) atoms. The first-order chi connectivity index (χ1) is 8.58. The summed E-state index contributed by atoms with van der Waals surface area (Å²) in [7, 11) is 0. The van der Waals surface area contributed by atoms with E-state index in [-0.39, 0.29) is 23.3 Å². The minimum atomic E-state index is -0.158. The lowest BCUT2D eigenvalue weighted by Gasteiger charge is -2.36. The minimum absolute atomic E-state index is 0.0559. The van der Waals surface area contributed by atoms with Gasteiger partial charge in [-0.3, -0.25) is 0 Å². The van der Waals surface area contributed by atoms with Gasteiger partial charge in [0.1, 0.15) is 0 Å². The van der Waals surface area contributed by atoms with E-state index in [1.54, 1.807) is 0 Å². The van der Waals surface area contributed by atoms with Crippen LogP contribution in [0.4, 0.5) is 0 Å². The standard InChI is InChI=1S/C17H29NO/c1-13(18-16(2,3)4)15(19-17(5,6)7)14-11-9-8-10-12-14/h8-13,15,18H,1-7H3/t13-,15-/m1/s1. The van der Waals surface area contributed by atoms with Gasteiger partial charge < -0.3 is 10.1 Å². The molecule has 0 aliphatic carbocycles. The fourth-order valence-corrected chi connectivity index (χ4v) is 2.24. The van der Waals surface area contributed by atoms with Gasteiger partial charge >= 0.3 is 0 Å². The molecule has 0 radical (unpaired) electrons. The van der Waals surface area contributed by atoms with Crippen LogP contribution in [0, 0.1) is 0 Å². The molecule has 0 aromatic heterocycles. The first-order valence-electron chi connectivity index (χ1n) is 7.09. The van der Waals surface area contributed by atoms with Crippen LogP contribution in [0.5, 0.6) is 0 Å². The van der Waals surface area contributed by atoms with Crippen molar-refractivity contribution in [2.75, 3.05) is 0 Å². The topological polar surface area (TPSA) is 21.3 Å². The second-order valence-electron chi connectivity index (χ2n) is 7.24. The van der Waals surface area contributed by atoms with Crippen molar-refractivity contribution in [2.45, 2.75) is 71.8 Å².